The van der Waals surface area contributed by atoms with Crippen LogP contribution >= 0.6 is 0 Å². The summed E-state index contributed by atoms with van der Waals surface area (Å²) < 4.78 is 5.18. The molecule has 0 unspecified atom stereocenters. The fraction of sp³-hybridized carbons (Fsp3) is 0.412. The van der Waals surface area contributed by atoms with E-state index in [1.807, 2.05) is 13.8 Å². The lowest BCUT2D eigenvalue weighted by atomic mass is 10.1. The van der Waals surface area contributed by atoms with Crippen molar-refractivity contribution in [1.29, 1.82) is 0 Å². The molecule has 22 heavy (non-hydrogen) atoms. The molecule has 0 aliphatic carbocycles. The first-order chi connectivity index (χ1) is 10.7. The van der Waals surface area contributed by atoms with E-state index in [0.29, 0.717) is 42.9 Å². The summed E-state index contributed by atoms with van der Waals surface area (Å²) in [6, 6.07) is 7.03. The van der Waals surface area contributed by atoms with Gasteiger partial charge in [-0.05, 0) is 44.9 Å². The molecular formula is C17H22N2O3. The molecule has 2 rings (SSSR count). The Balaban J connectivity index is 2.09. The maximum Gasteiger partial charge on any atom is 0.254 e. The van der Waals surface area contributed by atoms with Gasteiger partial charge in [0.05, 0.1) is 18.4 Å². The number of nitrogens with one attached hydrogen (secondary N) is 1. The van der Waals surface area contributed by atoms with Gasteiger partial charge in [-0.25, -0.2) is 0 Å². The summed E-state index contributed by atoms with van der Waals surface area (Å²) in [6.07, 6.45) is 3.08. The van der Waals surface area contributed by atoms with E-state index in [-0.39, 0.29) is 11.8 Å². The number of ether oxygens (including phenoxy) is 1. The van der Waals surface area contributed by atoms with Gasteiger partial charge in [0.2, 0.25) is 0 Å². The maximum atomic E-state index is 12.3. The van der Waals surface area contributed by atoms with Crippen molar-refractivity contribution < 1.29 is 14.3 Å². The van der Waals surface area contributed by atoms with Crippen LogP contribution in [0.1, 0.15) is 37.0 Å². The summed E-state index contributed by atoms with van der Waals surface area (Å²) >= 11 is 0. The van der Waals surface area contributed by atoms with Crippen LogP contribution in [0.25, 0.3) is 0 Å². The quantitative estimate of drug-likeness (QED) is 0.910. The smallest absolute Gasteiger partial charge is 0.254 e. The number of hydrogen-bond acceptors (Lipinski definition) is 3. The number of anilines is 1. The summed E-state index contributed by atoms with van der Waals surface area (Å²) in [7, 11) is 0. The van der Waals surface area contributed by atoms with Crippen LogP contribution in [0.3, 0.4) is 0 Å². The predicted octanol–water partition coefficient (Wildman–Crippen LogP) is 2.80. The SMILES string of the molecule is CCN(CC)C(=O)c1cccc(NC(=O)C2=COCCC2)c1. The fourth-order valence-corrected chi connectivity index (χ4v) is 2.37. The summed E-state index contributed by atoms with van der Waals surface area (Å²) in [5.74, 6) is -0.201. The molecule has 1 aromatic rings. The Morgan fingerprint density at radius 1 is 1.27 bits per heavy atom. The highest BCUT2D eigenvalue weighted by Crippen LogP contribution is 2.17. The van der Waals surface area contributed by atoms with Crippen LogP contribution in [0.4, 0.5) is 5.69 Å². The van der Waals surface area contributed by atoms with E-state index in [1.165, 1.54) is 6.26 Å². The van der Waals surface area contributed by atoms with Gasteiger partial charge in [0.1, 0.15) is 0 Å². The fourth-order valence-electron chi connectivity index (χ4n) is 2.37. The van der Waals surface area contributed by atoms with Crippen molar-refractivity contribution in [3.8, 4) is 0 Å². The van der Waals surface area contributed by atoms with Crippen molar-refractivity contribution in [3.05, 3.63) is 41.7 Å². The van der Waals surface area contributed by atoms with Crippen molar-refractivity contribution in [2.75, 3.05) is 25.0 Å². The van der Waals surface area contributed by atoms with Gasteiger partial charge in [-0.3, -0.25) is 9.59 Å². The molecule has 5 heteroatoms. The molecule has 0 atom stereocenters. The average molecular weight is 302 g/mol. The van der Waals surface area contributed by atoms with Gasteiger partial charge in [0.15, 0.2) is 0 Å². The van der Waals surface area contributed by atoms with Crippen molar-refractivity contribution in [2.45, 2.75) is 26.7 Å². The van der Waals surface area contributed by atoms with Gasteiger partial charge in [-0.1, -0.05) is 6.07 Å². The number of amides is 2. The van der Waals surface area contributed by atoms with E-state index in [9.17, 15) is 9.59 Å². The molecule has 2 amide bonds. The Bertz CT molecular complexity index is 577. The Hall–Kier alpha value is -2.30. The van der Waals surface area contributed by atoms with E-state index >= 15 is 0 Å². The first-order valence-corrected chi connectivity index (χ1v) is 7.67. The third-order valence-electron chi connectivity index (χ3n) is 3.64. The van der Waals surface area contributed by atoms with Gasteiger partial charge in [-0.15, -0.1) is 0 Å². The molecule has 1 aliphatic rings. The number of nitrogens with zero attached hydrogens (tertiary/aromatic N) is 1. The molecule has 1 aliphatic heterocycles. The van der Waals surface area contributed by atoms with Crippen LogP contribution in [-0.4, -0.2) is 36.4 Å². The number of rotatable bonds is 5. The predicted molar refractivity (Wildman–Crippen MR) is 85.6 cm³/mol. The van der Waals surface area contributed by atoms with Crippen LogP contribution in [0.2, 0.25) is 0 Å². The molecule has 1 heterocycles. The second-order valence-electron chi connectivity index (χ2n) is 5.13. The Kier molecular flexibility index (Phi) is 5.58. The molecule has 1 N–H and O–H groups in total. The van der Waals surface area contributed by atoms with Crippen molar-refractivity contribution >= 4 is 17.5 Å². The number of benzene rings is 1. The standard InChI is InChI=1S/C17H22N2O3/c1-3-19(4-2)17(21)13-7-5-9-15(11-13)18-16(20)14-8-6-10-22-12-14/h5,7,9,11-12H,3-4,6,8,10H2,1-2H3,(H,18,20). The van der Waals surface area contributed by atoms with Crippen LogP contribution in [-0.2, 0) is 9.53 Å². The van der Waals surface area contributed by atoms with Gasteiger partial charge >= 0.3 is 0 Å². The van der Waals surface area contributed by atoms with Crippen molar-refractivity contribution in [1.82, 2.24) is 4.90 Å². The molecule has 118 valence electrons. The lowest BCUT2D eigenvalue weighted by molar-refractivity contribution is -0.113. The number of hydrogen-bond donors (Lipinski definition) is 1. The van der Waals surface area contributed by atoms with Gasteiger partial charge in [0.25, 0.3) is 11.8 Å². The first kappa shape index (κ1) is 16.1. The Morgan fingerprint density at radius 2 is 2.05 bits per heavy atom. The topological polar surface area (TPSA) is 58.6 Å². The lowest BCUT2D eigenvalue weighted by Gasteiger charge is -2.19. The molecule has 0 radical (unpaired) electrons. The highest BCUT2D eigenvalue weighted by atomic mass is 16.5. The summed E-state index contributed by atoms with van der Waals surface area (Å²) in [4.78, 5) is 26.2. The minimum absolute atomic E-state index is 0.0266. The number of carbonyl (C=O) groups is 2. The van der Waals surface area contributed by atoms with Crippen LogP contribution < -0.4 is 5.32 Å². The molecule has 0 spiro atoms. The zero-order valence-electron chi connectivity index (χ0n) is 13.1. The zero-order chi connectivity index (χ0) is 15.9. The highest BCUT2D eigenvalue weighted by molar-refractivity contribution is 6.04. The van der Waals surface area contributed by atoms with E-state index in [1.54, 1.807) is 29.2 Å². The summed E-state index contributed by atoms with van der Waals surface area (Å²) in [6.45, 7) is 5.88. The lowest BCUT2D eigenvalue weighted by Crippen LogP contribution is -2.30. The van der Waals surface area contributed by atoms with E-state index in [4.69, 9.17) is 4.74 Å². The molecule has 1 aromatic carbocycles. The Labute approximate surface area is 130 Å². The van der Waals surface area contributed by atoms with E-state index in [0.717, 1.165) is 6.42 Å². The minimum atomic E-state index is -0.174. The normalized spacial score (nSPS) is 13.8. The summed E-state index contributed by atoms with van der Waals surface area (Å²) in [5.41, 5.74) is 1.83. The Morgan fingerprint density at radius 3 is 2.68 bits per heavy atom. The third kappa shape index (κ3) is 3.87. The molecule has 0 bridgehead atoms. The molecule has 5 nitrogen and oxygen atoms in total. The monoisotopic (exact) mass is 302 g/mol. The van der Waals surface area contributed by atoms with Crippen molar-refractivity contribution in [2.24, 2.45) is 0 Å². The molecule has 0 saturated carbocycles. The van der Waals surface area contributed by atoms with Gasteiger partial charge in [-0.2, -0.15) is 0 Å². The second-order valence-corrected chi connectivity index (χ2v) is 5.13. The number of carbonyl (C=O) groups excluding carboxylic acids is 2. The van der Waals surface area contributed by atoms with Crippen LogP contribution in [0.15, 0.2) is 36.1 Å². The zero-order valence-corrected chi connectivity index (χ0v) is 13.1. The van der Waals surface area contributed by atoms with Crippen molar-refractivity contribution in [3.63, 3.8) is 0 Å². The molecule has 0 saturated heterocycles. The molecule has 0 fully saturated rings. The van der Waals surface area contributed by atoms with Crippen LogP contribution in [0.5, 0.6) is 0 Å². The molecule has 0 aromatic heterocycles. The van der Waals surface area contributed by atoms with Gasteiger partial charge in [0, 0.05) is 24.3 Å². The molecular weight excluding hydrogens is 280 g/mol. The van der Waals surface area contributed by atoms with Crippen LogP contribution in [0, 0.1) is 0 Å². The maximum absolute atomic E-state index is 12.3. The minimum Gasteiger partial charge on any atom is -0.501 e. The highest BCUT2D eigenvalue weighted by Gasteiger charge is 2.16. The average Bonchev–Trinajstić information content (AvgIpc) is 2.57. The van der Waals surface area contributed by atoms with E-state index < -0.39 is 0 Å². The summed E-state index contributed by atoms with van der Waals surface area (Å²) in [5, 5.41) is 2.82. The first-order valence-electron chi connectivity index (χ1n) is 7.67. The van der Waals surface area contributed by atoms with E-state index in [2.05, 4.69) is 5.32 Å². The third-order valence-corrected chi connectivity index (χ3v) is 3.64. The van der Waals surface area contributed by atoms with Gasteiger partial charge < -0.3 is 15.0 Å². The second kappa shape index (κ2) is 7.64. The largest absolute Gasteiger partial charge is 0.501 e.